The zero-order chi connectivity index (χ0) is 16.0. The van der Waals surface area contributed by atoms with Gasteiger partial charge in [-0.2, -0.15) is 5.10 Å². The normalized spacial score (nSPS) is 12.6. The second kappa shape index (κ2) is 7.80. The average molecular weight is 316 g/mol. The highest BCUT2D eigenvalue weighted by Gasteiger charge is 2.18. The number of carboxylic acids is 1. The van der Waals surface area contributed by atoms with Gasteiger partial charge in [-0.05, 0) is 13.0 Å². The largest absolute Gasteiger partial charge is 0.480 e. The second-order valence-electron chi connectivity index (χ2n) is 4.43. The van der Waals surface area contributed by atoms with Crippen molar-refractivity contribution >= 4 is 29.6 Å². The first-order valence-corrected chi connectivity index (χ1v) is 6.64. The fourth-order valence-corrected chi connectivity index (χ4v) is 1.95. The lowest BCUT2D eigenvalue weighted by atomic mass is 10.2. The van der Waals surface area contributed by atoms with Gasteiger partial charge >= 0.3 is 5.97 Å². The Morgan fingerprint density at radius 2 is 2.24 bits per heavy atom. The van der Waals surface area contributed by atoms with E-state index >= 15 is 0 Å². The number of carbonyl (C=O) groups excluding carboxylic acids is 1. The summed E-state index contributed by atoms with van der Waals surface area (Å²) < 4.78 is 6.30. The molecule has 2 N–H and O–H groups in total. The van der Waals surface area contributed by atoms with Crippen LogP contribution in [-0.2, 0) is 21.4 Å². The number of rotatable bonds is 7. The van der Waals surface area contributed by atoms with Crippen molar-refractivity contribution in [1.82, 2.24) is 15.1 Å². The minimum atomic E-state index is -1.11. The SMILES string of the molecule is COCCC(NC(=O)C=Cc1c(C)nn(C)c1Cl)C(=O)O. The lowest BCUT2D eigenvalue weighted by Crippen LogP contribution is -2.40. The van der Waals surface area contributed by atoms with Gasteiger partial charge < -0.3 is 15.2 Å². The van der Waals surface area contributed by atoms with E-state index < -0.39 is 17.9 Å². The molecule has 1 amide bonds. The van der Waals surface area contributed by atoms with Gasteiger partial charge in [-0.25, -0.2) is 4.79 Å². The molecule has 0 radical (unpaired) electrons. The van der Waals surface area contributed by atoms with Gasteiger partial charge in [0.1, 0.15) is 11.2 Å². The van der Waals surface area contributed by atoms with Crippen LogP contribution in [0.25, 0.3) is 6.08 Å². The van der Waals surface area contributed by atoms with Crippen molar-refractivity contribution in [3.05, 3.63) is 22.5 Å². The number of aromatic nitrogens is 2. The van der Waals surface area contributed by atoms with E-state index in [4.69, 9.17) is 21.4 Å². The Bertz CT molecular complexity index is 554. The Morgan fingerprint density at radius 3 is 2.71 bits per heavy atom. The number of methoxy groups -OCH3 is 1. The number of nitrogens with zero attached hydrogens (tertiary/aromatic N) is 2. The lowest BCUT2D eigenvalue weighted by Gasteiger charge is -2.12. The molecule has 0 saturated carbocycles. The number of hydrogen-bond donors (Lipinski definition) is 2. The van der Waals surface area contributed by atoms with E-state index in [-0.39, 0.29) is 13.0 Å². The third-order valence-electron chi connectivity index (χ3n) is 2.82. The van der Waals surface area contributed by atoms with Crippen LogP contribution >= 0.6 is 11.6 Å². The summed E-state index contributed by atoms with van der Waals surface area (Å²) in [6.07, 6.45) is 2.94. The maximum absolute atomic E-state index is 11.8. The third kappa shape index (κ3) is 4.87. The van der Waals surface area contributed by atoms with Crippen LogP contribution in [0.15, 0.2) is 6.08 Å². The summed E-state index contributed by atoms with van der Waals surface area (Å²) in [5.74, 6) is -1.62. The van der Waals surface area contributed by atoms with E-state index in [0.717, 1.165) is 0 Å². The molecule has 1 aromatic heterocycles. The molecule has 0 aromatic carbocycles. The predicted molar refractivity (Wildman–Crippen MR) is 78.0 cm³/mol. The van der Waals surface area contributed by atoms with Gasteiger partial charge in [0.2, 0.25) is 5.91 Å². The Hall–Kier alpha value is -1.86. The van der Waals surface area contributed by atoms with Crippen LogP contribution in [0.1, 0.15) is 17.7 Å². The number of hydrogen-bond acceptors (Lipinski definition) is 4. The van der Waals surface area contributed by atoms with Gasteiger partial charge in [0.15, 0.2) is 0 Å². The van der Waals surface area contributed by atoms with E-state index in [1.165, 1.54) is 23.9 Å². The Kier molecular flexibility index (Phi) is 6.39. The topological polar surface area (TPSA) is 93.5 Å². The van der Waals surface area contributed by atoms with E-state index in [1.54, 1.807) is 14.0 Å². The van der Waals surface area contributed by atoms with E-state index in [2.05, 4.69) is 10.4 Å². The number of halogens is 1. The van der Waals surface area contributed by atoms with Gasteiger partial charge in [-0.3, -0.25) is 9.48 Å². The molecule has 1 aromatic rings. The van der Waals surface area contributed by atoms with E-state index in [0.29, 0.717) is 16.4 Å². The number of amides is 1. The molecule has 1 rings (SSSR count). The summed E-state index contributed by atoms with van der Waals surface area (Å²) in [5.41, 5.74) is 1.30. The van der Waals surface area contributed by atoms with Crippen LogP contribution in [0.3, 0.4) is 0 Å². The summed E-state index contributed by atoms with van der Waals surface area (Å²) in [7, 11) is 3.16. The number of ether oxygens (including phenoxy) is 1. The van der Waals surface area contributed by atoms with Gasteiger partial charge in [-0.1, -0.05) is 11.6 Å². The van der Waals surface area contributed by atoms with E-state index in [1.807, 2.05) is 0 Å². The van der Waals surface area contributed by atoms with Gasteiger partial charge in [0.05, 0.1) is 5.69 Å². The predicted octanol–water partition coefficient (Wildman–Crippen LogP) is 1.00. The maximum Gasteiger partial charge on any atom is 0.326 e. The molecule has 8 heteroatoms. The summed E-state index contributed by atoms with van der Waals surface area (Å²) in [6, 6.07) is -0.993. The Morgan fingerprint density at radius 1 is 1.57 bits per heavy atom. The minimum Gasteiger partial charge on any atom is -0.480 e. The van der Waals surface area contributed by atoms with Crippen molar-refractivity contribution in [3.63, 3.8) is 0 Å². The van der Waals surface area contributed by atoms with Crippen LogP contribution in [0.4, 0.5) is 0 Å². The molecule has 7 nitrogen and oxygen atoms in total. The summed E-state index contributed by atoms with van der Waals surface area (Å²) >= 11 is 6.03. The van der Waals surface area contributed by atoms with Crippen molar-refractivity contribution in [3.8, 4) is 0 Å². The van der Waals surface area contributed by atoms with Crippen LogP contribution in [0.2, 0.25) is 5.15 Å². The van der Waals surface area contributed by atoms with Crippen LogP contribution in [-0.4, -0.2) is 46.5 Å². The highest BCUT2D eigenvalue weighted by atomic mass is 35.5. The molecule has 0 fully saturated rings. The Labute approximate surface area is 127 Å². The zero-order valence-electron chi connectivity index (χ0n) is 12.1. The molecule has 0 bridgehead atoms. The number of nitrogens with one attached hydrogen (secondary N) is 1. The molecule has 0 aliphatic heterocycles. The quantitative estimate of drug-likeness (QED) is 0.732. The smallest absolute Gasteiger partial charge is 0.326 e. The maximum atomic E-state index is 11.8. The first-order chi connectivity index (χ1) is 9.86. The Balaban J connectivity index is 2.71. The average Bonchev–Trinajstić information content (AvgIpc) is 2.66. The highest BCUT2D eigenvalue weighted by Crippen LogP contribution is 2.19. The molecule has 1 heterocycles. The summed E-state index contributed by atoms with van der Waals surface area (Å²) in [6.45, 7) is 2.01. The molecule has 0 saturated heterocycles. The zero-order valence-corrected chi connectivity index (χ0v) is 12.8. The van der Waals surface area contributed by atoms with Gasteiger partial charge in [0, 0.05) is 38.8 Å². The molecule has 0 aliphatic carbocycles. The number of aryl methyl sites for hydroxylation is 2. The molecule has 21 heavy (non-hydrogen) atoms. The van der Waals surface area contributed by atoms with Crippen LogP contribution in [0, 0.1) is 6.92 Å². The highest BCUT2D eigenvalue weighted by molar-refractivity contribution is 6.31. The molecule has 0 spiro atoms. The first kappa shape index (κ1) is 17.2. The standard InChI is InChI=1S/C13H18ClN3O4/c1-8-9(12(14)17(2)16-8)4-5-11(18)15-10(13(19)20)6-7-21-3/h4-5,10H,6-7H2,1-3H3,(H,15,18)(H,19,20). The van der Waals surface area contributed by atoms with Crippen molar-refractivity contribution in [2.45, 2.75) is 19.4 Å². The molecular weight excluding hydrogens is 298 g/mol. The number of carbonyl (C=O) groups is 2. The van der Waals surface area contributed by atoms with Crippen LogP contribution < -0.4 is 5.32 Å². The molecule has 1 unspecified atom stereocenters. The number of carboxylic acid groups (broad SMARTS) is 1. The van der Waals surface area contributed by atoms with Crippen molar-refractivity contribution in [2.75, 3.05) is 13.7 Å². The molecule has 0 aliphatic rings. The monoisotopic (exact) mass is 315 g/mol. The van der Waals surface area contributed by atoms with Crippen molar-refractivity contribution < 1.29 is 19.4 Å². The van der Waals surface area contributed by atoms with Crippen molar-refractivity contribution in [2.24, 2.45) is 7.05 Å². The number of aliphatic carboxylic acids is 1. The summed E-state index contributed by atoms with van der Waals surface area (Å²) in [4.78, 5) is 22.7. The molecular formula is C13H18ClN3O4. The van der Waals surface area contributed by atoms with Gasteiger partial charge in [-0.15, -0.1) is 0 Å². The fourth-order valence-electron chi connectivity index (χ4n) is 1.71. The fraction of sp³-hybridized carbons (Fsp3) is 0.462. The minimum absolute atomic E-state index is 0.193. The molecule has 116 valence electrons. The van der Waals surface area contributed by atoms with Crippen LogP contribution in [0.5, 0.6) is 0 Å². The van der Waals surface area contributed by atoms with Gasteiger partial charge in [0.25, 0.3) is 0 Å². The van der Waals surface area contributed by atoms with E-state index in [9.17, 15) is 9.59 Å². The molecule has 1 atom stereocenters. The second-order valence-corrected chi connectivity index (χ2v) is 4.79. The van der Waals surface area contributed by atoms with Crippen molar-refractivity contribution in [1.29, 1.82) is 0 Å². The summed E-state index contributed by atoms with van der Waals surface area (Å²) in [5, 5.41) is 15.9. The lowest BCUT2D eigenvalue weighted by molar-refractivity contribution is -0.141. The third-order valence-corrected chi connectivity index (χ3v) is 3.27. The first-order valence-electron chi connectivity index (χ1n) is 6.26.